The smallest absolute Gasteiger partial charge is 0.119 e. The lowest BCUT2D eigenvalue weighted by Crippen LogP contribution is -2.27. The summed E-state index contributed by atoms with van der Waals surface area (Å²) in [6, 6.07) is 15.9. The van der Waals surface area contributed by atoms with Gasteiger partial charge < -0.3 is 34.3 Å². The SMILES string of the molecule is CC(C)(c1ccc(OCC(O)COCC(O)CO)cc1)c1ccc(OCC2CO2)cc1. The highest BCUT2D eigenvalue weighted by Gasteiger charge is 2.25. The summed E-state index contributed by atoms with van der Waals surface area (Å²) in [6.45, 7) is 5.41. The van der Waals surface area contributed by atoms with Crippen molar-refractivity contribution in [3.63, 3.8) is 0 Å². The lowest BCUT2D eigenvalue weighted by atomic mass is 9.78. The number of rotatable bonds is 13. The van der Waals surface area contributed by atoms with E-state index in [0.29, 0.717) is 12.4 Å². The summed E-state index contributed by atoms with van der Waals surface area (Å²) in [5.41, 5.74) is 2.12. The van der Waals surface area contributed by atoms with Crippen LogP contribution < -0.4 is 9.47 Å². The summed E-state index contributed by atoms with van der Waals surface area (Å²) >= 11 is 0. The fourth-order valence-electron chi connectivity index (χ4n) is 3.09. The van der Waals surface area contributed by atoms with E-state index in [0.717, 1.165) is 17.9 Å². The molecule has 1 fully saturated rings. The predicted octanol–water partition coefficient (Wildman–Crippen LogP) is 1.90. The highest BCUT2D eigenvalue weighted by molar-refractivity contribution is 5.41. The molecule has 0 saturated carbocycles. The third-order valence-electron chi connectivity index (χ3n) is 5.26. The van der Waals surface area contributed by atoms with Crippen molar-refractivity contribution in [1.82, 2.24) is 0 Å². The van der Waals surface area contributed by atoms with Gasteiger partial charge in [0.15, 0.2) is 0 Å². The molecule has 7 nitrogen and oxygen atoms in total. The Kier molecular flexibility index (Phi) is 8.28. The van der Waals surface area contributed by atoms with Crippen LogP contribution in [0.15, 0.2) is 48.5 Å². The van der Waals surface area contributed by atoms with E-state index in [1.165, 1.54) is 5.56 Å². The molecular formula is C24H32O7. The van der Waals surface area contributed by atoms with E-state index in [2.05, 4.69) is 26.0 Å². The lowest BCUT2D eigenvalue weighted by Gasteiger charge is -2.26. The zero-order valence-corrected chi connectivity index (χ0v) is 18.1. The van der Waals surface area contributed by atoms with Crippen molar-refractivity contribution in [2.24, 2.45) is 0 Å². The number of ether oxygens (including phenoxy) is 4. The normalized spacial score (nSPS) is 17.8. The van der Waals surface area contributed by atoms with Gasteiger partial charge in [-0.15, -0.1) is 0 Å². The minimum atomic E-state index is -0.940. The molecule has 2 aromatic carbocycles. The molecule has 3 atom stereocenters. The molecule has 31 heavy (non-hydrogen) atoms. The van der Waals surface area contributed by atoms with Gasteiger partial charge in [-0.25, -0.2) is 0 Å². The quantitative estimate of drug-likeness (QED) is 0.416. The van der Waals surface area contributed by atoms with Crippen LogP contribution in [-0.2, 0) is 14.9 Å². The molecule has 0 bridgehead atoms. The van der Waals surface area contributed by atoms with Gasteiger partial charge >= 0.3 is 0 Å². The molecule has 0 amide bonds. The lowest BCUT2D eigenvalue weighted by molar-refractivity contribution is -0.0337. The van der Waals surface area contributed by atoms with Gasteiger partial charge in [0.2, 0.25) is 0 Å². The number of hydrogen-bond acceptors (Lipinski definition) is 7. The van der Waals surface area contributed by atoms with Crippen LogP contribution >= 0.6 is 0 Å². The van der Waals surface area contributed by atoms with E-state index >= 15 is 0 Å². The van der Waals surface area contributed by atoms with Gasteiger partial charge in [-0.05, 0) is 35.4 Å². The Labute approximate surface area is 183 Å². The van der Waals surface area contributed by atoms with Crippen molar-refractivity contribution in [3.05, 3.63) is 59.7 Å². The highest BCUT2D eigenvalue weighted by Crippen LogP contribution is 2.33. The topological polar surface area (TPSA) is 101 Å². The van der Waals surface area contributed by atoms with Crippen LogP contribution in [0, 0.1) is 0 Å². The third-order valence-corrected chi connectivity index (χ3v) is 5.26. The van der Waals surface area contributed by atoms with Crippen molar-refractivity contribution in [3.8, 4) is 11.5 Å². The number of aliphatic hydroxyl groups is 3. The Morgan fingerprint density at radius 1 is 0.871 bits per heavy atom. The van der Waals surface area contributed by atoms with Gasteiger partial charge in [-0.2, -0.15) is 0 Å². The average Bonchev–Trinajstić information content (AvgIpc) is 3.61. The minimum absolute atomic E-state index is 0.0234. The first-order chi connectivity index (χ1) is 14.9. The average molecular weight is 433 g/mol. The van der Waals surface area contributed by atoms with Crippen LogP contribution in [0.1, 0.15) is 25.0 Å². The molecule has 3 N–H and O–H groups in total. The monoisotopic (exact) mass is 432 g/mol. The first kappa shape index (κ1) is 23.5. The molecule has 0 radical (unpaired) electrons. The summed E-state index contributed by atoms with van der Waals surface area (Å²) in [6.07, 6.45) is -1.52. The Morgan fingerprint density at radius 3 is 1.90 bits per heavy atom. The van der Waals surface area contributed by atoms with E-state index in [1.807, 2.05) is 36.4 Å². The fraction of sp³-hybridized carbons (Fsp3) is 0.500. The first-order valence-corrected chi connectivity index (χ1v) is 10.5. The van der Waals surface area contributed by atoms with E-state index in [1.54, 1.807) is 0 Å². The molecular weight excluding hydrogens is 400 g/mol. The number of aliphatic hydroxyl groups excluding tert-OH is 3. The van der Waals surface area contributed by atoms with E-state index in [4.69, 9.17) is 24.1 Å². The molecule has 2 aromatic rings. The van der Waals surface area contributed by atoms with Gasteiger partial charge in [0.05, 0.1) is 26.4 Å². The van der Waals surface area contributed by atoms with Crippen LogP contribution in [-0.4, -0.2) is 73.3 Å². The fourth-order valence-corrected chi connectivity index (χ4v) is 3.09. The molecule has 0 spiro atoms. The molecule has 1 aliphatic heterocycles. The van der Waals surface area contributed by atoms with Crippen molar-refractivity contribution < 1.29 is 34.3 Å². The van der Waals surface area contributed by atoms with Gasteiger partial charge in [0, 0.05) is 5.41 Å². The molecule has 7 heteroatoms. The van der Waals surface area contributed by atoms with Crippen LogP contribution in [0.4, 0.5) is 0 Å². The minimum Gasteiger partial charge on any atom is -0.491 e. The Bertz CT molecular complexity index is 785. The van der Waals surface area contributed by atoms with E-state index in [9.17, 15) is 10.2 Å². The molecule has 0 aromatic heterocycles. The van der Waals surface area contributed by atoms with Crippen LogP contribution in [0.25, 0.3) is 0 Å². The second-order valence-corrected chi connectivity index (χ2v) is 8.28. The summed E-state index contributed by atoms with van der Waals surface area (Å²) < 4.78 is 21.6. The van der Waals surface area contributed by atoms with Crippen molar-refractivity contribution in [1.29, 1.82) is 0 Å². The largest absolute Gasteiger partial charge is 0.491 e. The van der Waals surface area contributed by atoms with Crippen molar-refractivity contribution in [2.45, 2.75) is 37.6 Å². The molecule has 3 rings (SSSR count). The summed E-state index contributed by atoms with van der Waals surface area (Å²) in [5, 5.41) is 27.9. The molecule has 3 unspecified atom stereocenters. The Morgan fingerprint density at radius 2 is 1.39 bits per heavy atom. The van der Waals surface area contributed by atoms with Gasteiger partial charge in [-0.3, -0.25) is 0 Å². The van der Waals surface area contributed by atoms with Gasteiger partial charge in [-0.1, -0.05) is 38.1 Å². The second-order valence-electron chi connectivity index (χ2n) is 8.28. The molecule has 1 heterocycles. The Hall–Kier alpha value is -2.16. The maximum absolute atomic E-state index is 9.91. The van der Waals surface area contributed by atoms with Crippen molar-refractivity contribution >= 4 is 0 Å². The molecule has 170 valence electrons. The third kappa shape index (κ3) is 7.19. The summed E-state index contributed by atoms with van der Waals surface area (Å²) in [4.78, 5) is 0. The standard InChI is InChI=1S/C24H32O7/c1-24(2,18-5-9-22(10-6-18)30-15-23-16-31-23)17-3-7-21(8-4-17)29-14-20(27)13-28-12-19(26)11-25/h3-10,19-20,23,25-27H,11-16H2,1-2H3. The summed E-state index contributed by atoms with van der Waals surface area (Å²) in [7, 11) is 0. The number of benzene rings is 2. The molecule has 0 aliphatic carbocycles. The highest BCUT2D eigenvalue weighted by atomic mass is 16.6. The first-order valence-electron chi connectivity index (χ1n) is 10.5. The molecule has 1 aliphatic rings. The Balaban J connectivity index is 1.49. The maximum atomic E-state index is 9.91. The van der Waals surface area contributed by atoms with Crippen LogP contribution in [0.2, 0.25) is 0 Å². The van der Waals surface area contributed by atoms with E-state index in [-0.39, 0.29) is 37.9 Å². The number of hydrogen-bond donors (Lipinski definition) is 3. The predicted molar refractivity (Wildman–Crippen MR) is 116 cm³/mol. The zero-order chi connectivity index (χ0) is 22.3. The van der Waals surface area contributed by atoms with Gasteiger partial charge in [0.25, 0.3) is 0 Å². The van der Waals surface area contributed by atoms with Gasteiger partial charge in [0.1, 0.15) is 43.0 Å². The second kappa shape index (κ2) is 10.9. The number of epoxide rings is 1. The molecule has 1 saturated heterocycles. The van der Waals surface area contributed by atoms with Crippen LogP contribution in [0.5, 0.6) is 11.5 Å². The van der Waals surface area contributed by atoms with Crippen molar-refractivity contribution in [2.75, 3.05) is 39.6 Å². The zero-order valence-electron chi connectivity index (χ0n) is 18.1. The van der Waals surface area contributed by atoms with Crippen LogP contribution in [0.3, 0.4) is 0 Å². The maximum Gasteiger partial charge on any atom is 0.119 e. The summed E-state index contributed by atoms with van der Waals surface area (Å²) in [5.74, 6) is 1.49. The van der Waals surface area contributed by atoms with E-state index < -0.39 is 12.2 Å².